The molecule has 5 rings (SSSR count). The molecule has 3 heterocycles. The molecule has 2 fully saturated rings. The van der Waals surface area contributed by atoms with E-state index in [9.17, 15) is 0 Å². The highest BCUT2D eigenvalue weighted by atomic mass is 32.1. The number of nitrogens with one attached hydrogen (secondary N) is 1. The number of benzene rings is 1. The lowest BCUT2D eigenvalue weighted by molar-refractivity contribution is 0.339. The van der Waals surface area contributed by atoms with Crippen molar-refractivity contribution in [3.8, 4) is 5.75 Å². The van der Waals surface area contributed by atoms with Crippen molar-refractivity contribution < 1.29 is 4.74 Å². The number of ether oxygens (including phenoxy) is 1. The van der Waals surface area contributed by atoms with Gasteiger partial charge in [0.25, 0.3) is 0 Å². The number of pyridine rings is 1. The second-order valence-corrected chi connectivity index (χ2v) is 8.94. The van der Waals surface area contributed by atoms with Crippen LogP contribution in [-0.4, -0.2) is 21.3 Å². The standard InChI is InChI=1S/C26H30N4OS/c1-2-31-21-15-13-20(14-16-21)30-25(24(28-26(30)32)22-11-6-7-17-27-22)23-12-8-18-29(23)19-9-4-3-5-10-19/h6-8,11-19,24-25H,2-5,9-10H2,1H3,(H,28,32)/t24-,25-/m1/s1. The molecule has 5 nitrogen and oxygen atoms in total. The Kier molecular flexibility index (Phi) is 6.12. The minimum absolute atomic E-state index is 0.0206. The molecular formula is C26H30N4OS. The van der Waals surface area contributed by atoms with E-state index in [0.29, 0.717) is 12.6 Å². The Hall–Kier alpha value is -2.86. The molecule has 2 aliphatic rings. The Balaban J connectivity index is 1.57. The predicted octanol–water partition coefficient (Wildman–Crippen LogP) is 5.96. The van der Waals surface area contributed by atoms with E-state index in [4.69, 9.17) is 17.0 Å². The van der Waals surface area contributed by atoms with Crippen LogP contribution in [0.2, 0.25) is 0 Å². The molecule has 1 aliphatic carbocycles. The van der Waals surface area contributed by atoms with Gasteiger partial charge >= 0.3 is 0 Å². The minimum atomic E-state index is -0.0208. The highest BCUT2D eigenvalue weighted by Gasteiger charge is 2.42. The van der Waals surface area contributed by atoms with Crippen molar-refractivity contribution in [1.82, 2.24) is 14.9 Å². The lowest BCUT2D eigenvalue weighted by atomic mass is 9.94. The van der Waals surface area contributed by atoms with Crippen molar-refractivity contribution in [2.24, 2.45) is 0 Å². The van der Waals surface area contributed by atoms with Crippen molar-refractivity contribution in [2.45, 2.75) is 57.2 Å². The summed E-state index contributed by atoms with van der Waals surface area (Å²) in [4.78, 5) is 6.94. The summed E-state index contributed by atoms with van der Waals surface area (Å²) in [5, 5.41) is 4.31. The number of anilines is 1. The molecule has 1 N–H and O–H groups in total. The van der Waals surface area contributed by atoms with Crippen LogP contribution in [0.1, 0.15) is 68.5 Å². The zero-order valence-electron chi connectivity index (χ0n) is 18.5. The molecule has 0 spiro atoms. The number of hydrogen-bond acceptors (Lipinski definition) is 3. The molecule has 0 unspecified atom stereocenters. The molecule has 0 bridgehead atoms. The van der Waals surface area contributed by atoms with E-state index in [1.165, 1.54) is 37.8 Å². The van der Waals surface area contributed by atoms with Crippen LogP contribution in [-0.2, 0) is 0 Å². The highest BCUT2D eigenvalue weighted by Crippen LogP contribution is 2.43. The zero-order valence-corrected chi connectivity index (χ0v) is 19.3. The van der Waals surface area contributed by atoms with Gasteiger partial charge < -0.3 is 19.5 Å². The number of hydrogen-bond donors (Lipinski definition) is 1. The van der Waals surface area contributed by atoms with E-state index in [2.05, 4.69) is 56.3 Å². The summed E-state index contributed by atoms with van der Waals surface area (Å²) in [6.45, 7) is 2.66. The second-order valence-electron chi connectivity index (χ2n) is 8.56. The van der Waals surface area contributed by atoms with Gasteiger partial charge in [-0.25, -0.2) is 0 Å². The Morgan fingerprint density at radius 3 is 2.56 bits per heavy atom. The molecule has 6 heteroatoms. The summed E-state index contributed by atoms with van der Waals surface area (Å²) in [7, 11) is 0. The number of nitrogens with zero attached hydrogens (tertiary/aromatic N) is 3. The van der Waals surface area contributed by atoms with E-state index in [0.717, 1.165) is 22.2 Å². The van der Waals surface area contributed by atoms with Crippen LogP contribution in [0.15, 0.2) is 67.0 Å². The Bertz CT molecular complexity index is 1040. The second kappa shape index (κ2) is 9.33. The summed E-state index contributed by atoms with van der Waals surface area (Å²) in [6, 6.07) is 19.3. The van der Waals surface area contributed by atoms with Gasteiger partial charge in [0.15, 0.2) is 5.11 Å². The van der Waals surface area contributed by atoms with Gasteiger partial charge in [-0.2, -0.15) is 0 Å². The van der Waals surface area contributed by atoms with Crippen LogP contribution < -0.4 is 15.0 Å². The normalized spacial score (nSPS) is 21.5. The van der Waals surface area contributed by atoms with Gasteiger partial charge in [0.05, 0.1) is 18.3 Å². The summed E-state index contributed by atoms with van der Waals surface area (Å²) >= 11 is 5.88. The first-order valence-corrected chi connectivity index (χ1v) is 12.1. The molecule has 1 aliphatic heterocycles. The Labute approximate surface area is 195 Å². The third kappa shape index (κ3) is 3.99. The fourth-order valence-corrected chi connectivity index (χ4v) is 5.50. The molecule has 0 radical (unpaired) electrons. The van der Waals surface area contributed by atoms with Crippen molar-refractivity contribution >= 4 is 23.0 Å². The minimum Gasteiger partial charge on any atom is -0.494 e. The third-order valence-corrected chi connectivity index (χ3v) is 6.92. The molecular weight excluding hydrogens is 416 g/mol. The first-order chi connectivity index (χ1) is 15.8. The van der Waals surface area contributed by atoms with Crippen LogP contribution in [0.3, 0.4) is 0 Å². The van der Waals surface area contributed by atoms with Crippen molar-refractivity contribution in [3.05, 3.63) is 78.4 Å². The average molecular weight is 447 g/mol. The van der Waals surface area contributed by atoms with E-state index < -0.39 is 0 Å². The largest absolute Gasteiger partial charge is 0.494 e. The molecule has 3 aromatic rings. The van der Waals surface area contributed by atoms with Crippen LogP contribution in [0.4, 0.5) is 5.69 Å². The van der Waals surface area contributed by atoms with Crippen molar-refractivity contribution in [3.63, 3.8) is 0 Å². The maximum atomic E-state index is 5.88. The molecule has 2 aromatic heterocycles. The predicted molar refractivity (Wildman–Crippen MR) is 132 cm³/mol. The van der Waals surface area contributed by atoms with E-state index in [1.54, 1.807) is 0 Å². The van der Waals surface area contributed by atoms with E-state index >= 15 is 0 Å². The SMILES string of the molecule is CCOc1ccc(N2C(=S)N[C@H](c3ccccn3)[C@H]2c2cccn2C2CCCCC2)cc1. The third-order valence-electron chi connectivity index (χ3n) is 6.61. The van der Waals surface area contributed by atoms with E-state index in [-0.39, 0.29) is 12.1 Å². The van der Waals surface area contributed by atoms with Crippen LogP contribution in [0.25, 0.3) is 0 Å². The number of aromatic nitrogens is 2. The van der Waals surface area contributed by atoms with Crippen LogP contribution >= 0.6 is 12.2 Å². The van der Waals surface area contributed by atoms with Gasteiger partial charge in [-0.3, -0.25) is 4.98 Å². The van der Waals surface area contributed by atoms with Crippen molar-refractivity contribution in [2.75, 3.05) is 11.5 Å². The lowest BCUT2D eigenvalue weighted by Crippen LogP contribution is -2.31. The fourth-order valence-electron chi connectivity index (χ4n) is 5.15. The van der Waals surface area contributed by atoms with Gasteiger partial charge in [-0.15, -0.1) is 0 Å². The lowest BCUT2D eigenvalue weighted by Gasteiger charge is -2.32. The van der Waals surface area contributed by atoms with Gasteiger partial charge in [-0.05, 0) is 80.5 Å². The Morgan fingerprint density at radius 2 is 1.84 bits per heavy atom. The van der Waals surface area contributed by atoms with Gasteiger partial charge in [0.2, 0.25) is 0 Å². The summed E-state index contributed by atoms with van der Waals surface area (Å²) in [5.41, 5.74) is 3.35. The molecule has 2 atom stereocenters. The van der Waals surface area contributed by atoms with E-state index in [1.807, 2.05) is 37.4 Å². The summed E-state index contributed by atoms with van der Waals surface area (Å²) in [6.07, 6.45) is 10.5. The smallest absolute Gasteiger partial charge is 0.174 e. The highest BCUT2D eigenvalue weighted by molar-refractivity contribution is 7.80. The van der Waals surface area contributed by atoms with Gasteiger partial charge in [0.1, 0.15) is 11.8 Å². The quantitative estimate of drug-likeness (QED) is 0.473. The maximum absolute atomic E-state index is 5.88. The number of thiocarbonyl (C=S) groups is 1. The zero-order chi connectivity index (χ0) is 21.9. The number of rotatable bonds is 6. The fraction of sp³-hybridized carbons (Fsp3) is 0.385. The Morgan fingerprint density at radius 1 is 1.03 bits per heavy atom. The average Bonchev–Trinajstić information content (AvgIpc) is 3.45. The first kappa shape index (κ1) is 21.0. The van der Waals surface area contributed by atoms with Crippen molar-refractivity contribution in [1.29, 1.82) is 0 Å². The van der Waals surface area contributed by atoms with Gasteiger partial charge in [0, 0.05) is 29.8 Å². The maximum Gasteiger partial charge on any atom is 0.174 e. The molecule has 166 valence electrons. The van der Waals surface area contributed by atoms with Gasteiger partial charge in [-0.1, -0.05) is 25.3 Å². The first-order valence-electron chi connectivity index (χ1n) is 11.7. The summed E-state index contributed by atoms with van der Waals surface area (Å²) in [5.74, 6) is 0.873. The topological polar surface area (TPSA) is 42.3 Å². The molecule has 32 heavy (non-hydrogen) atoms. The van der Waals surface area contributed by atoms with Crippen LogP contribution in [0.5, 0.6) is 5.75 Å². The molecule has 0 amide bonds. The van der Waals surface area contributed by atoms with Crippen LogP contribution in [0, 0.1) is 0 Å². The molecule has 1 aromatic carbocycles. The molecule has 1 saturated carbocycles. The molecule has 1 saturated heterocycles. The summed E-state index contributed by atoms with van der Waals surface area (Å²) < 4.78 is 8.15. The monoisotopic (exact) mass is 446 g/mol.